The fourth-order valence-corrected chi connectivity index (χ4v) is 1.37. The van der Waals surface area contributed by atoms with Crippen LogP contribution < -0.4 is 0 Å². The summed E-state index contributed by atoms with van der Waals surface area (Å²) in [4.78, 5) is 22.4. The number of methoxy groups -OCH3 is 1. The lowest BCUT2D eigenvalue weighted by Crippen LogP contribution is -2.21. The molecule has 0 bridgehead atoms. The standard InChI is InChI=1S/C10H13ClN2O3/c1-7(9(14)3-10(15)16-2)5-13-6-8(11)4-12-13/h4,6-7H,3,5H2,1-2H3/t7-/m1/s1. The average Bonchev–Trinajstić information content (AvgIpc) is 2.63. The van der Waals surface area contributed by atoms with Gasteiger partial charge < -0.3 is 4.74 Å². The summed E-state index contributed by atoms with van der Waals surface area (Å²) in [5.41, 5.74) is 0. The second-order valence-corrected chi connectivity index (χ2v) is 3.94. The molecule has 88 valence electrons. The van der Waals surface area contributed by atoms with Crippen LogP contribution in [0.1, 0.15) is 13.3 Å². The zero-order valence-corrected chi connectivity index (χ0v) is 9.90. The molecule has 1 aromatic heterocycles. The van der Waals surface area contributed by atoms with Crippen molar-refractivity contribution in [2.75, 3.05) is 7.11 Å². The van der Waals surface area contributed by atoms with E-state index in [0.717, 1.165) is 0 Å². The molecule has 0 aliphatic rings. The van der Waals surface area contributed by atoms with Crippen LogP contribution in [0.2, 0.25) is 5.02 Å². The van der Waals surface area contributed by atoms with Gasteiger partial charge in [0.2, 0.25) is 0 Å². The predicted molar refractivity (Wildman–Crippen MR) is 58.0 cm³/mol. The Morgan fingerprint density at radius 3 is 2.81 bits per heavy atom. The molecule has 6 heteroatoms. The Bertz CT molecular complexity index is 389. The first kappa shape index (κ1) is 12.7. The highest BCUT2D eigenvalue weighted by atomic mass is 35.5. The highest BCUT2D eigenvalue weighted by Gasteiger charge is 2.17. The first-order valence-electron chi connectivity index (χ1n) is 4.80. The summed E-state index contributed by atoms with van der Waals surface area (Å²) in [6, 6.07) is 0. The van der Waals surface area contributed by atoms with E-state index < -0.39 is 5.97 Å². The summed E-state index contributed by atoms with van der Waals surface area (Å²) in [5, 5.41) is 4.47. The van der Waals surface area contributed by atoms with Crippen LogP contribution in [0.15, 0.2) is 12.4 Å². The molecule has 1 atom stereocenters. The molecular formula is C10H13ClN2O3. The SMILES string of the molecule is COC(=O)CC(=O)[C@H](C)Cn1cc(Cl)cn1. The maximum absolute atomic E-state index is 11.5. The van der Waals surface area contributed by atoms with Gasteiger partial charge in [-0.15, -0.1) is 0 Å². The number of hydrogen-bond acceptors (Lipinski definition) is 4. The highest BCUT2D eigenvalue weighted by molar-refractivity contribution is 6.30. The molecule has 0 radical (unpaired) electrons. The lowest BCUT2D eigenvalue weighted by Gasteiger charge is -2.09. The smallest absolute Gasteiger partial charge is 0.313 e. The summed E-state index contributed by atoms with van der Waals surface area (Å²) >= 11 is 5.69. The maximum atomic E-state index is 11.5. The topological polar surface area (TPSA) is 61.2 Å². The van der Waals surface area contributed by atoms with Crippen molar-refractivity contribution in [1.82, 2.24) is 9.78 Å². The van der Waals surface area contributed by atoms with Crippen molar-refractivity contribution < 1.29 is 14.3 Å². The zero-order valence-electron chi connectivity index (χ0n) is 9.14. The Balaban J connectivity index is 2.48. The van der Waals surface area contributed by atoms with E-state index in [2.05, 4.69) is 9.84 Å². The Hall–Kier alpha value is -1.36. The van der Waals surface area contributed by atoms with Gasteiger partial charge in [-0.3, -0.25) is 14.3 Å². The Kier molecular flexibility index (Phi) is 4.49. The van der Waals surface area contributed by atoms with Gasteiger partial charge in [-0.1, -0.05) is 18.5 Å². The van der Waals surface area contributed by atoms with Crippen LogP contribution >= 0.6 is 11.6 Å². The molecule has 1 aromatic rings. The molecule has 5 nitrogen and oxygen atoms in total. The number of halogens is 1. The van der Waals surface area contributed by atoms with E-state index in [9.17, 15) is 9.59 Å². The van der Waals surface area contributed by atoms with Crippen LogP contribution in [0.3, 0.4) is 0 Å². The van der Waals surface area contributed by atoms with E-state index in [1.807, 2.05) is 0 Å². The van der Waals surface area contributed by atoms with E-state index in [-0.39, 0.29) is 18.1 Å². The van der Waals surface area contributed by atoms with Crippen LogP contribution in [-0.4, -0.2) is 28.6 Å². The molecule has 0 saturated carbocycles. The number of ether oxygens (including phenoxy) is 1. The zero-order chi connectivity index (χ0) is 12.1. The largest absolute Gasteiger partial charge is 0.469 e. The second-order valence-electron chi connectivity index (χ2n) is 3.50. The minimum absolute atomic E-state index is 0.168. The fraction of sp³-hybridized carbons (Fsp3) is 0.500. The number of aromatic nitrogens is 2. The highest BCUT2D eigenvalue weighted by Crippen LogP contribution is 2.09. The van der Waals surface area contributed by atoms with Gasteiger partial charge in [-0.05, 0) is 0 Å². The summed E-state index contributed by atoms with van der Waals surface area (Å²) in [5.74, 6) is -0.983. The minimum Gasteiger partial charge on any atom is -0.469 e. The van der Waals surface area contributed by atoms with Gasteiger partial charge >= 0.3 is 5.97 Å². The number of hydrogen-bond donors (Lipinski definition) is 0. The maximum Gasteiger partial charge on any atom is 0.313 e. The Morgan fingerprint density at radius 1 is 1.62 bits per heavy atom. The quantitative estimate of drug-likeness (QED) is 0.579. The third kappa shape index (κ3) is 3.66. The predicted octanol–water partition coefficient (Wildman–Crippen LogP) is 1.30. The van der Waals surface area contributed by atoms with Crippen LogP contribution in [0.25, 0.3) is 0 Å². The molecule has 1 rings (SSSR count). The lowest BCUT2D eigenvalue weighted by molar-refractivity contribution is -0.144. The number of nitrogens with zero attached hydrogens (tertiary/aromatic N) is 2. The van der Waals surface area contributed by atoms with Crippen molar-refractivity contribution in [3.63, 3.8) is 0 Å². The molecule has 0 saturated heterocycles. The summed E-state index contributed by atoms with van der Waals surface area (Å²) in [7, 11) is 1.26. The summed E-state index contributed by atoms with van der Waals surface area (Å²) in [6.45, 7) is 2.14. The molecule has 0 aliphatic heterocycles. The molecule has 0 aliphatic carbocycles. The first-order chi connectivity index (χ1) is 7.52. The molecule has 0 unspecified atom stereocenters. The Morgan fingerprint density at radius 2 is 2.31 bits per heavy atom. The van der Waals surface area contributed by atoms with Crippen LogP contribution in [-0.2, 0) is 20.9 Å². The van der Waals surface area contributed by atoms with Crippen LogP contribution in [0.5, 0.6) is 0 Å². The summed E-state index contributed by atoms with van der Waals surface area (Å²) in [6.07, 6.45) is 2.93. The molecule has 0 amide bonds. The van der Waals surface area contributed by atoms with Gasteiger partial charge in [-0.2, -0.15) is 5.10 Å². The van der Waals surface area contributed by atoms with E-state index in [0.29, 0.717) is 11.6 Å². The molecule has 0 N–H and O–H groups in total. The van der Waals surface area contributed by atoms with Crippen molar-refractivity contribution in [3.8, 4) is 0 Å². The number of rotatable bonds is 5. The van der Waals surface area contributed by atoms with Gasteiger partial charge in [0.15, 0.2) is 0 Å². The normalized spacial score (nSPS) is 12.2. The van der Waals surface area contributed by atoms with Crippen molar-refractivity contribution >= 4 is 23.4 Å². The molecule has 0 fully saturated rings. The molecule has 1 heterocycles. The van der Waals surface area contributed by atoms with Crippen LogP contribution in [0, 0.1) is 5.92 Å². The number of ketones is 1. The van der Waals surface area contributed by atoms with Crippen molar-refractivity contribution in [2.24, 2.45) is 5.92 Å². The molecular weight excluding hydrogens is 232 g/mol. The molecule has 0 aromatic carbocycles. The average molecular weight is 245 g/mol. The molecule has 0 spiro atoms. The number of carbonyl (C=O) groups excluding carboxylic acids is 2. The third-order valence-corrected chi connectivity index (χ3v) is 2.35. The first-order valence-corrected chi connectivity index (χ1v) is 5.18. The number of carbonyl (C=O) groups is 2. The minimum atomic E-state index is -0.518. The van der Waals surface area contributed by atoms with Gasteiger partial charge in [0.05, 0.1) is 24.9 Å². The fourth-order valence-electron chi connectivity index (χ4n) is 1.21. The van der Waals surface area contributed by atoms with Gasteiger partial charge in [-0.25, -0.2) is 0 Å². The molecule has 16 heavy (non-hydrogen) atoms. The van der Waals surface area contributed by atoms with E-state index in [1.54, 1.807) is 17.8 Å². The Labute approximate surface area is 98.3 Å². The van der Waals surface area contributed by atoms with Crippen molar-refractivity contribution in [2.45, 2.75) is 19.9 Å². The van der Waals surface area contributed by atoms with Crippen molar-refractivity contribution in [1.29, 1.82) is 0 Å². The van der Waals surface area contributed by atoms with E-state index in [4.69, 9.17) is 11.6 Å². The van der Waals surface area contributed by atoms with Crippen LogP contribution in [0.4, 0.5) is 0 Å². The number of Topliss-reactive ketones (excluding diaryl/α,β-unsaturated/α-hetero) is 1. The van der Waals surface area contributed by atoms with E-state index >= 15 is 0 Å². The van der Waals surface area contributed by atoms with Gasteiger partial charge in [0, 0.05) is 12.1 Å². The number of esters is 1. The third-order valence-electron chi connectivity index (χ3n) is 2.16. The van der Waals surface area contributed by atoms with Crippen molar-refractivity contribution in [3.05, 3.63) is 17.4 Å². The van der Waals surface area contributed by atoms with E-state index in [1.165, 1.54) is 13.3 Å². The monoisotopic (exact) mass is 244 g/mol. The lowest BCUT2D eigenvalue weighted by atomic mass is 10.0. The van der Waals surface area contributed by atoms with Gasteiger partial charge in [0.1, 0.15) is 12.2 Å². The van der Waals surface area contributed by atoms with Gasteiger partial charge in [0.25, 0.3) is 0 Å². The second kappa shape index (κ2) is 5.65. The summed E-state index contributed by atoms with van der Waals surface area (Å²) < 4.78 is 5.99.